The molecule has 1 unspecified atom stereocenters. The molecule has 1 aromatic carbocycles. The van der Waals surface area contributed by atoms with Crippen LogP contribution in [0.2, 0.25) is 0 Å². The molecule has 0 saturated carbocycles. The predicted octanol–water partition coefficient (Wildman–Crippen LogP) is 2.93. The third-order valence-electron chi connectivity index (χ3n) is 3.91. The third kappa shape index (κ3) is 3.01. The summed E-state index contributed by atoms with van der Waals surface area (Å²) < 4.78 is 0. The second kappa shape index (κ2) is 5.54. The Labute approximate surface area is 105 Å². The summed E-state index contributed by atoms with van der Waals surface area (Å²) >= 11 is 0. The normalized spacial score (nSPS) is 21.2. The van der Waals surface area contributed by atoms with Gasteiger partial charge in [0.1, 0.15) is 0 Å². The van der Waals surface area contributed by atoms with E-state index in [0.29, 0.717) is 0 Å². The van der Waals surface area contributed by atoms with Crippen LogP contribution >= 0.6 is 0 Å². The molecule has 0 bridgehead atoms. The van der Waals surface area contributed by atoms with Gasteiger partial charge < -0.3 is 5.73 Å². The fraction of sp³-hybridized carbons (Fsp3) is 0.600. The van der Waals surface area contributed by atoms with Crippen LogP contribution < -0.4 is 5.73 Å². The maximum atomic E-state index is 5.98. The second-order valence-corrected chi connectivity index (χ2v) is 5.44. The van der Waals surface area contributed by atoms with Crippen molar-refractivity contribution in [1.29, 1.82) is 0 Å². The van der Waals surface area contributed by atoms with E-state index in [1.165, 1.54) is 24.9 Å². The van der Waals surface area contributed by atoms with Gasteiger partial charge in [-0.1, -0.05) is 32.0 Å². The van der Waals surface area contributed by atoms with Crippen molar-refractivity contribution in [2.24, 2.45) is 5.92 Å². The number of hydrogen-bond donors (Lipinski definition) is 1. The molecule has 1 aliphatic rings. The minimum Gasteiger partial charge on any atom is -0.399 e. The molecule has 1 aromatic rings. The molecule has 1 atom stereocenters. The highest BCUT2D eigenvalue weighted by Gasteiger charge is 2.26. The van der Waals surface area contributed by atoms with E-state index >= 15 is 0 Å². The van der Waals surface area contributed by atoms with Gasteiger partial charge in [-0.3, -0.25) is 4.90 Å². The predicted molar refractivity (Wildman–Crippen MR) is 74.0 cm³/mol. The number of nitrogens with zero attached hydrogens (tertiary/aromatic N) is 1. The number of likely N-dealkylation sites (tertiary alicyclic amines) is 1. The fourth-order valence-electron chi connectivity index (χ4n) is 2.91. The molecule has 1 aliphatic heterocycles. The van der Waals surface area contributed by atoms with Gasteiger partial charge in [0, 0.05) is 18.3 Å². The third-order valence-corrected chi connectivity index (χ3v) is 3.91. The number of hydrogen-bond acceptors (Lipinski definition) is 2. The van der Waals surface area contributed by atoms with Crippen molar-refractivity contribution in [3.8, 4) is 0 Å². The molecular weight excluding hydrogens is 208 g/mol. The molecule has 1 saturated heterocycles. The Hall–Kier alpha value is -1.02. The average molecular weight is 232 g/mol. The van der Waals surface area contributed by atoms with Crippen molar-refractivity contribution in [2.75, 3.05) is 18.8 Å². The van der Waals surface area contributed by atoms with Crippen LogP contribution in [-0.4, -0.2) is 24.0 Å². The Morgan fingerprint density at radius 2 is 2.12 bits per heavy atom. The zero-order chi connectivity index (χ0) is 12.3. The topological polar surface area (TPSA) is 29.3 Å². The first-order valence-corrected chi connectivity index (χ1v) is 6.76. The SMILES string of the molecule is CC(C)C1CCCN1CCc1ccccc1N. The number of para-hydroxylation sites is 1. The van der Waals surface area contributed by atoms with E-state index in [1.54, 1.807) is 0 Å². The summed E-state index contributed by atoms with van der Waals surface area (Å²) in [6.45, 7) is 7.08. The van der Waals surface area contributed by atoms with Gasteiger partial charge >= 0.3 is 0 Å². The molecule has 0 aromatic heterocycles. The summed E-state index contributed by atoms with van der Waals surface area (Å²) in [5.74, 6) is 0.769. The van der Waals surface area contributed by atoms with Crippen LogP contribution in [0.4, 0.5) is 5.69 Å². The fourth-order valence-corrected chi connectivity index (χ4v) is 2.91. The molecule has 0 radical (unpaired) electrons. The Balaban J connectivity index is 1.92. The van der Waals surface area contributed by atoms with Crippen LogP contribution in [0.1, 0.15) is 32.3 Å². The first-order valence-electron chi connectivity index (χ1n) is 6.76. The Bertz CT molecular complexity index is 360. The van der Waals surface area contributed by atoms with Crippen molar-refractivity contribution < 1.29 is 0 Å². The number of rotatable bonds is 4. The van der Waals surface area contributed by atoms with Crippen molar-refractivity contribution in [3.63, 3.8) is 0 Å². The summed E-state index contributed by atoms with van der Waals surface area (Å²) in [6.07, 6.45) is 3.80. The van der Waals surface area contributed by atoms with Gasteiger partial charge in [-0.2, -0.15) is 0 Å². The Kier molecular flexibility index (Phi) is 4.06. The lowest BCUT2D eigenvalue weighted by Gasteiger charge is -2.27. The van der Waals surface area contributed by atoms with Gasteiger partial charge in [-0.15, -0.1) is 0 Å². The van der Waals surface area contributed by atoms with Gasteiger partial charge in [0.2, 0.25) is 0 Å². The summed E-state index contributed by atoms with van der Waals surface area (Å²) in [5, 5.41) is 0. The van der Waals surface area contributed by atoms with Crippen LogP contribution in [0.5, 0.6) is 0 Å². The van der Waals surface area contributed by atoms with Gasteiger partial charge in [-0.25, -0.2) is 0 Å². The zero-order valence-corrected chi connectivity index (χ0v) is 11.0. The van der Waals surface area contributed by atoms with E-state index in [1.807, 2.05) is 12.1 Å². The van der Waals surface area contributed by atoms with Crippen LogP contribution in [0.25, 0.3) is 0 Å². The quantitative estimate of drug-likeness (QED) is 0.809. The molecule has 2 N–H and O–H groups in total. The molecule has 1 fully saturated rings. The standard InChI is InChI=1S/C15H24N2/c1-12(2)15-8-5-10-17(15)11-9-13-6-3-4-7-14(13)16/h3-4,6-7,12,15H,5,8-11,16H2,1-2H3. The maximum Gasteiger partial charge on any atom is 0.0347 e. The van der Waals surface area contributed by atoms with E-state index in [4.69, 9.17) is 5.73 Å². The zero-order valence-electron chi connectivity index (χ0n) is 11.0. The summed E-state index contributed by atoms with van der Waals surface area (Å²) in [4.78, 5) is 2.64. The molecule has 17 heavy (non-hydrogen) atoms. The summed E-state index contributed by atoms with van der Waals surface area (Å²) in [5.41, 5.74) is 8.21. The Morgan fingerprint density at radius 1 is 1.35 bits per heavy atom. The Morgan fingerprint density at radius 3 is 2.82 bits per heavy atom. The first-order chi connectivity index (χ1) is 8.18. The average Bonchev–Trinajstić information content (AvgIpc) is 2.76. The molecule has 2 heteroatoms. The molecule has 2 rings (SSSR count). The molecule has 94 valence electrons. The van der Waals surface area contributed by atoms with Gasteiger partial charge in [-0.05, 0) is 43.4 Å². The van der Waals surface area contributed by atoms with Gasteiger partial charge in [0.15, 0.2) is 0 Å². The molecule has 0 spiro atoms. The maximum absolute atomic E-state index is 5.98. The number of anilines is 1. The van der Waals surface area contributed by atoms with E-state index in [2.05, 4.69) is 30.9 Å². The second-order valence-electron chi connectivity index (χ2n) is 5.44. The van der Waals surface area contributed by atoms with Crippen molar-refractivity contribution >= 4 is 5.69 Å². The van der Waals surface area contributed by atoms with Crippen molar-refractivity contribution in [1.82, 2.24) is 4.90 Å². The van der Waals surface area contributed by atoms with Crippen LogP contribution in [0.15, 0.2) is 24.3 Å². The first kappa shape index (κ1) is 12.4. The molecule has 1 heterocycles. The minimum atomic E-state index is 0.769. The minimum absolute atomic E-state index is 0.769. The molecule has 0 aliphatic carbocycles. The highest BCUT2D eigenvalue weighted by atomic mass is 15.2. The van der Waals surface area contributed by atoms with Crippen LogP contribution in [0, 0.1) is 5.92 Å². The largest absolute Gasteiger partial charge is 0.399 e. The van der Waals surface area contributed by atoms with Gasteiger partial charge in [0.25, 0.3) is 0 Å². The number of benzene rings is 1. The van der Waals surface area contributed by atoms with E-state index < -0.39 is 0 Å². The van der Waals surface area contributed by atoms with Crippen LogP contribution in [-0.2, 0) is 6.42 Å². The van der Waals surface area contributed by atoms with Crippen LogP contribution in [0.3, 0.4) is 0 Å². The lowest BCUT2D eigenvalue weighted by atomic mass is 10.0. The van der Waals surface area contributed by atoms with Gasteiger partial charge in [0.05, 0.1) is 0 Å². The van der Waals surface area contributed by atoms with Crippen molar-refractivity contribution in [2.45, 2.75) is 39.2 Å². The van der Waals surface area contributed by atoms with Crippen molar-refractivity contribution in [3.05, 3.63) is 29.8 Å². The lowest BCUT2D eigenvalue weighted by Crippen LogP contribution is -2.35. The highest BCUT2D eigenvalue weighted by Crippen LogP contribution is 2.24. The lowest BCUT2D eigenvalue weighted by molar-refractivity contribution is 0.209. The number of nitrogen functional groups attached to an aromatic ring is 1. The van der Waals surface area contributed by atoms with E-state index in [9.17, 15) is 0 Å². The molecule has 0 amide bonds. The molecule has 2 nitrogen and oxygen atoms in total. The number of nitrogens with two attached hydrogens (primary N) is 1. The monoisotopic (exact) mass is 232 g/mol. The molecular formula is C15H24N2. The highest BCUT2D eigenvalue weighted by molar-refractivity contribution is 5.46. The van der Waals surface area contributed by atoms with E-state index in [0.717, 1.165) is 30.6 Å². The smallest absolute Gasteiger partial charge is 0.0347 e. The van der Waals surface area contributed by atoms with E-state index in [-0.39, 0.29) is 0 Å². The summed E-state index contributed by atoms with van der Waals surface area (Å²) in [6, 6.07) is 9.01. The summed E-state index contributed by atoms with van der Waals surface area (Å²) in [7, 11) is 0.